The third-order valence-electron chi connectivity index (χ3n) is 5.09. The van der Waals surface area contributed by atoms with E-state index in [4.69, 9.17) is 0 Å². The number of carbonyl (C=O) groups is 2. The molecule has 5 heteroatoms. The molecule has 0 radical (unpaired) electrons. The maximum atomic E-state index is 12.6. The molecule has 0 aliphatic heterocycles. The molecule has 1 aromatic heterocycles. The quantitative estimate of drug-likeness (QED) is 0.747. The van der Waals surface area contributed by atoms with Crippen molar-refractivity contribution in [1.82, 2.24) is 9.97 Å². The Bertz CT molecular complexity index is 1060. The number of aromatic nitrogens is 2. The summed E-state index contributed by atoms with van der Waals surface area (Å²) in [5, 5.41) is 2.74. The molecule has 0 fully saturated rings. The summed E-state index contributed by atoms with van der Waals surface area (Å²) >= 11 is 0. The summed E-state index contributed by atoms with van der Waals surface area (Å²) in [5.41, 5.74) is 5.12. The molecule has 1 N–H and O–H groups in total. The molecule has 0 saturated carbocycles. The lowest BCUT2D eigenvalue weighted by atomic mass is 9.82. The minimum absolute atomic E-state index is 0.0448. The first-order chi connectivity index (χ1) is 13.5. The minimum Gasteiger partial charge on any atom is -0.294 e. The zero-order chi connectivity index (χ0) is 19.7. The van der Waals surface area contributed by atoms with Crippen molar-refractivity contribution in [2.45, 2.75) is 32.6 Å². The largest absolute Gasteiger partial charge is 0.294 e. The zero-order valence-electron chi connectivity index (χ0n) is 15.9. The first-order valence-electron chi connectivity index (χ1n) is 9.33. The standard InChI is InChI=1S/C23H21N3O2/c1-14-6-8-16(9-7-14)18-11-20-19(21(27)12-18)13-24-23(25-20)26-22(28)17-5-3-4-15(2)10-17/h3-10,13,18H,11-12H2,1-2H3,(H,24,25,26,28)/t18-/m1/s1. The third kappa shape index (κ3) is 3.69. The number of rotatable bonds is 3. The van der Waals surface area contributed by atoms with E-state index >= 15 is 0 Å². The van der Waals surface area contributed by atoms with Gasteiger partial charge < -0.3 is 0 Å². The molecule has 5 nitrogen and oxygen atoms in total. The summed E-state index contributed by atoms with van der Waals surface area (Å²) in [6.07, 6.45) is 2.64. The van der Waals surface area contributed by atoms with Crippen molar-refractivity contribution in [3.63, 3.8) is 0 Å². The second kappa shape index (κ2) is 7.35. The summed E-state index contributed by atoms with van der Waals surface area (Å²) in [6.45, 7) is 3.98. The number of Topliss-reactive ketones (excluding diaryl/α,β-unsaturated/α-hetero) is 1. The van der Waals surface area contributed by atoms with Gasteiger partial charge in [0.2, 0.25) is 5.95 Å². The van der Waals surface area contributed by atoms with E-state index < -0.39 is 0 Å². The number of nitrogens with one attached hydrogen (secondary N) is 1. The lowest BCUT2D eigenvalue weighted by molar-refractivity contribution is 0.0962. The van der Waals surface area contributed by atoms with Crippen LogP contribution < -0.4 is 5.32 Å². The van der Waals surface area contributed by atoms with Gasteiger partial charge in [0.1, 0.15) is 0 Å². The number of anilines is 1. The molecule has 140 valence electrons. The lowest BCUT2D eigenvalue weighted by Gasteiger charge is -2.23. The Balaban J connectivity index is 1.57. The van der Waals surface area contributed by atoms with Crippen molar-refractivity contribution in [1.29, 1.82) is 0 Å². The number of benzene rings is 2. The second-order valence-electron chi connectivity index (χ2n) is 7.32. The van der Waals surface area contributed by atoms with Crippen LogP contribution in [0.4, 0.5) is 5.95 Å². The molecule has 1 aliphatic carbocycles. The molecule has 4 rings (SSSR count). The molecule has 3 aromatic rings. The number of hydrogen-bond acceptors (Lipinski definition) is 4. The Morgan fingerprint density at radius 2 is 1.82 bits per heavy atom. The van der Waals surface area contributed by atoms with Crippen molar-refractivity contribution in [2.75, 3.05) is 5.32 Å². The highest BCUT2D eigenvalue weighted by atomic mass is 16.1. The van der Waals surface area contributed by atoms with Gasteiger partial charge in [-0.1, -0.05) is 47.5 Å². The molecule has 1 atom stereocenters. The van der Waals surface area contributed by atoms with Gasteiger partial charge in [0.25, 0.3) is 5.91 Å². The predicted octanol–water partition coefficient (Wildman–Crippen LogP) is 4.26. The van der Waals surface area contributed by atoms with Crippen LogP contribution in [0, 0.1) is 13.8 Å². The number of fused-ring (bicyclic) bond motifs is 1. The highest BCUT2D eigenvalue weighted by Gasteiger charge is 2.28. The Morgan fingerprint density at radius 3 is 2.57 bits per heavy atom. The van der Waals surface area contributed by atoms with Crippen LogP contribution in [0.15, 0.2) is 54.7 Å². The Morgan fingerprint density at radius 1 is 1.04 bits per heavy atom. The third-order valence-corrected chi connectivity index (χ3v) is 5.09. The van der Waals surface area contributed by atoms with Crippen molar-refractivity contribution in [3.05, 3.63) is 88.2 Å². The number of nitrogens with zero attached hydrogens (tertiary/aromatic N) is 2. The molecular formula is C23H21N3O2. The monoisotopic (exact) mass is 371 g/mol. The smallest absolute Gasteiger partial charge is 0.258 e. The van der Waals surface area contributed by atoms with E-state index in [1.165, 1.54) is 11.8 Å². The number of ketones is 1. The zero-order valence-corrected chi connectivity index (χ0v) is 15.9. The maximum Gasteiger partial charge on any atom is 0.258 e. The van der Waals surface area contributed by atoms with Crippen LogP contribution in [-0.4, -0.2) is 21.7 Å². The normalized spacial score (nSPS) is 15.8. The molecule has 1 aliphatic rings. The van der Waals surface area contributed by atoms with Crippen molar-refractivity contribution < 1.29 is 9.59 Å². The first-order valence-corrected chi connectivity index (χ1v) is 9.33. The van der Waals surface area contributed by atoms with Crippen LogP contribution in [0.5, 0.6) is 0 Å². The van der Waals surface area contributed by atoms with Gasteiger partial charge in [0, 0.05) is 18.2 Å². The average molecular weight is 371 g/mol. The molecule has 1 heterocycles. The van der Waals surface area contributed by atoms with E-state index in [2.05, 4.69) is 39.6 Å². The van der Waals surface area contributed by atoms with Crippen molar-refractivity contribution >= 4 is 17.6 Å². The van der Waals surface area contributed by atoms with E-state index in [0.717, 1.165) is 11.1 Å². The Hall–Kier alpha value is -3.34. The second-order valence-corrected chi connectivity index (χ2v) is 7.32. The minimum atomic E-state index is -0.263. The van der Waals surface area contributed by atoms with Gasteiger partial charge in [-0.25, -0.2) is 9.97 Å². The molecule has 1 amide bonds. The van der Waals surface area contributed by atoms with Crippen molar-refractivity contribution in [2.24, 2.45) is 0 Å². The fourth-order valence-electron chi connectivity index (χ4n) is 3.54. The fourth-order valence-corrected chi connectivity index (χ4v) is 3.54. The van der Waals surface area contributed by atoms with E-state index in [9.17, 15) is 9.59 Å². The van der Waals surface area contributed by atoms with Crippen molar-refractivity contribution in [3.8, 4) is 0 Å². The van der Waals surface area contributed by atoms with Crippen LogP contribution in [0.2, 0.25) is 0 Å². The van der Waals surface area contributed by atoms with Gasteiger partial charge in [-0.3, -0.25) is 14.9 Å². The van der Waals surface area contributed by atoms with E-state index in [1.54, 1.807) is 6.07 Å². The number of hydrogen-bond donors (Lipinski definition) is 1. The number of amides is 1. The number of aryl methyl sites for hydroxylation is 2. The highest BCUT2D eigenvalue weighted by molar-refractivity contribution is 6.03. The topological polar surface area (TPSA) is 72.0 Å². The van der Waals surface area contributed by atoms with E-state index in [1.807, 2.05) is 32.0 Å². The first kappa shape index (κ1) is 18.0. The van der Waals surface area contributed by atoms with Gasteiger partial charge in [0.15, 0.2) is 5.78 Å². The van der Waals surface area contributed by atoms with Crippen LogP contribution in [0.25, 0.3) is 0 Å². The van der Waals surface area contributed by atoms with E-state index in [0.29, 0.717) is 29.7 Å². The molecule has 0 unspecified atom stereocenters. The van der Waals surface area contributed by atoms with Gasteiger partial charge >= 0.3 is 0 Å². The summed E-state index contributed by atoms with van der Waals surface area (Å²) in [4.78, 5) is 33.7. The molecule has 0 bridgehead atoms. The summed E-state index contributed by atoms with van der Waals surface area (Å²) in [6, 6.07) is 15.6. The van der Waals surface area contributed by atoms with Gasteiger partial charge in [-0.2, -0.15) is 0 Å². The average Bonchev–Trinajstić information content (AvgIpc) is 2.68. The van der Waals surface area contributed by atoms with Crippen LogP contribution in [0.3, 0.4) is 0 Å². The molecule has 0 saturated heterocycles. The maximum absolute atomic E-state index is 12.6. The molecule has 0 spiro atoms. The SMILES string of the molecule is Cc1ccc([C@H]2CC(=O)c3cnc(NC(=O)c4cccc(C)c4)nc3C2)cc1. The van der Waals surface area contributed by atoms with Gasteiger partial charge in [0.05, 0.1) is 11.3 Å². The number of carbonyl (C=O) groups excluding carboxylic acids is 2. The predicted molar refractivity (Wildman–Crippen MR) is 108 cm³/mol. The highest BCUT2D eigenvalue weighted by Crippen LogP contribution is 2.32. The van der Waals surface area contributed by atoms with Crippen LogP contribution >= 0.6 is 0 Å². The van der Waals surface area contributed by atoms with Crippen LogP contribution in [0.1, 0.15) is 55.4 Å². The molecule has 2 aromatic carbocycles. The Labute approximate surface area is 163 Å². The Kier molecular flexibility index (Phi) is 4.74. The summed E-state index contributed by atoms with van der Waals surface area (Å²) in [5.74, 6) is 0.0997. The van der Waals surface area contributed by atoms with Gasteiger partial charge in [-0.05, 0) is 43.9 Å². The summed E-state index contributed by atoms with van der Waals surface area (Å²) < 4.78 is 0. The fraction of sp³-hybridized carbons (Fsp3) is 0.217. The van der Waals surface area contributed by atoms with E-state index in [-0.39, 0.29) is 23.6 Å². The molecule has 28 heavy (non-hydrogen) atoms. The van der Waals surface area contributed by atoms with Gasteiger partial charge in [-0.15, -0.1) is 0 Å². The van der Waals surface area contributed by atoms with Crippen LogP contribution in [-0.2, 0) is 6.42 Å². The summed E-state index contributed by atoms with van der Waals surface area (Å²) in [7, 11) is 0. The lowest BCUT2D eigenvalue weighted by Crippen LogP contribution is -2.22. The molecular weight excluding hydrogens is 350 g/mol.